The van der Waals surface area contributed by atoms with E-state index in [0.717, 1.165) is 36.3 Å². The topological polar surface area (TPSA) is 67.4 Å². The molecular formula is C22H26N2O3. The molecule has 0 fully saturated rings. The van der Waals surface area contributed by atoms with Crippen molar-refractivity contribution in [3.63, 3.8) is 0 Å². The largest absolute Gasteiger partial charge is 0.497 e. The van der Waals surface area contributed by atoms with E-state index in [1.165, 1.54) is 18.1 Å². The molecule has 2 aromatic rings. The summed E-state index contributed by atoms with van der Waals surface area (Å²) < 4.78 is 5.32. The quantitative estimate of drug-likeness (QED) is 0.824. The molecule has 0 bridgehead atoms. The van der Waals surface area contributed by atoms with Crippen LogP contribution in [0.3, 0.4) is 0 Å². The van der Waals surface area contributed by atoms with Crippen LogP contribution in [-0.2, 0) is 16.0 Å². The Morgan fingerprint density at radius 2 is 1.96 bits per heavy atom. The van der Waals surface area contributed by atoms with Crippen LogP contribution in [0.1, 0.15) is 48.8 Å². The molecule has 27 heavy (non-hydrogen) atoms. The molecule has 0 spiro atoms. The minimum atomic E-state index is -0.134. The van der Waals surface area contributed by atoms with Gasteiger partial charge in [0.2, 0.25) is 11.8 Å². The lowest BCUT2D eigenvalue weighted by Gasteiger charge is -2.25. The molecule has 2 amide bonds. The van der Waals surface area contributed by atoms with Gasteiger partial charge in [0.05, 0.1) is 7.11 Å². The molecule has 3 rings (SSSR count). The predicted octanol–water partition coefficient (Wildman–Crippen LogP) is 4.41. The molecule has 2 N–H and O–H groups in total. The summed E-state index contributed by atoms with van der Waals surface area (Å²) in [4.78, 5) is 23.9. The van der Waals surface area contributed by atoms with Gasteiger partial charge in [-0.2, -0.15) is 0 Å². The maximum Gasteiger partial charge on any atom is 0.224 e. The van der Waals surface area contributed by atoms with Crippen molar-refractivity contribution in [1.82, 2.24) is 0 Å². The molecule has 0 aliphatic heterocycles. The summed E-state index contributed by atoms with van der Waals surface area (Å²) in [6.07, 6.45) is 3.57. The Kier molecular flexibility index (Phi) is 5.79. The van der Waals surface area contributed by atoms with E-state index in [-0.39, 0.29) is 17.7 Å². The number of anilines is 2. The van der Waals surface area contributed by atoms with Gasteiger partial charge in [0.25, 0.3) is 0 Å². The molecule has 0 saturated carbocycles. The van der Waals surface area contributed by atoms with Crippen LogP contribution >= 0.6 is 0 Å². The van der Waals surface area contributed by atoms with Gasteiger partial charge >= 0.3 is 0 Å². The summed E-state index contributed by atoms with van der Waals surface area (Å²) in [5, 5.41) is 5.76. The van der Waals surface area contributed by atoms with E-state index in [1.807, 2.05) is 25.1 Å². The first-order valence-corrected chi connectivity index (χ1v) is 9.31. The van der Waals surface area contributed by atoms with Crippen molar-refractivity contribution in [3.8, 4) is 5.75 Å². The molecule has 142 valence electrons. The monoisotopic (exact) mass is 366 g/mol. The average Bonchev–Trinajstić information content (AvgIpc) is 2.63. The maximum absolute atomic E-state index is 12.7. The fraction of sp³-hybridized carbons (Fsp3) is 0.364. The van der Waals surface area contributed by atoms with Crippen LogP contribution in [0.25, 0.3) is 0 Å². The van der Waals surface area contributed by atoms with E-state index in [9.17, 15) is 9.59 Å². The molecule has 0 radical (unpaired) electrons. The van der Waals surface area contributed by atoms with Gasteiger partial charge in [0.1, 0.15) is 5.75 Å². The van der Waals surface area contributed by atoms with Crippen LogP contribution in [0.2, 0.25) is 0 Å². The Balaban J connectivity index is 1.71. The number of carbonyl (C=O) groups excluding carboxylic acids is 2. The van der Waals surface area contributed by atoms with E-state index in [4.69, 9.17) is 4.74 Å². The summed E-state index contributed by atoms with van der Waals surface area (Å²) in [5.74, 6) is 0.944. The Hall–Kier alpha value is -2.82. The van der Waals surface area contributed by atoms with Gasteiger partial charge in [-0.1, -0.05) is 12.1 Å². The lowest BCUT2D eigenvalue weighted by Crippen LogP contribution is -2.19. The zero-order valence-electron chi connectivity index (χ0n) is 16.1. The van der Waals surface area contributed by atoms with Crippen LogP contribution in [0, 0.1) is 6.92 Å². The minimum absolute atomic E-state index is 0.00765. The van der Waals surface area contributed by atoms with Crippen molar-refractivity contribution >= 4 is 23.2 Å². The molecule has 0 aromatic heterocycles. The lowest BCUT2D eigenvalue weighted by atomic mass is 9.81. The summed E-state index contributed by atoms with van der Waals surface area (Å²) in [5.41, 5.74) is 4.91. The summed E-state index contributed by atoms with van der Waals surface area (Å²) in [6.45, 7) is 3.41. The normalized spacial score (nSPS) is 15.6. The highest BCUT2D eigenvalue weighted by atomic mass is 16.5. The third-order valence-electron chi connectivity index (χ3n) is 5.05. The van der Waals surface area contributed by atoms with Crippen molar-refractivity contribution in [2.45, 2.75) is 45.4 Å². The Labute approximate surface area is 160 Å². The summed E-state index contributed by atoms with van der Waals surface area (Å²) in [7, 11) is 1.67. The number of methoxy groups -OCH3 is 1. The third kappa shape index (κ3) is 4.67. The van der Waals surface area contributed by atoms with E-state index >= 15 is 0 Å². The van der Waals surface area contributed by atoms with Crippen molar-refractivity contribution in [2.24, 2.45) is 0 Å². The van der Waals surface area contributed by atoms with Crippen molar-refractivity contribution < 1.29 is 14.3 Å². The zero-order valence-corrected chi connectivity index (χ0v) is 16.1. The van der Waals surface area contributed by atoms with Gasteiger partial charge < -0.3 is 15.4 Å². The summed E-state index contributed by atoms with van der Waals surface area (Å²) >= 11 is 0. The molecule has 0 heterocycles. The molecule has 0 saturated heterocycles. The molecular weight excluding hydrogens is 340 g/mol. The molecule has 5 heteroatoms. The van der Waals surface area contributed by atoms with Gasteiger partial charge in [-0.05, 0) is 73.1 Å². The number of ether oxygens (including phenoxy) is 1. The molecule has 1 aliphatic carbocycles. The number of hydrogen-bond acceptors (Lipinski definition) is 3. The van der Waals surface area contributed by atoms with Crippen molar-refractivity contribution in [3.05, 3.63) is 53.1 Å². The van der Waals surface area contributed by atoms with Gasteiger partial charge in [0.15, 0.2) is 0 Å². The Bertz CT molecular complexity index is 861. The number of fused-ring (bicyclic) bond motifs is 1. The first kappa shape index (κ1) is 19.0. The van der Waals surface area contributed by atoms with Crippen molar-refractivity contribution in [1.29, 1.82) is 0 Å². The number of nitrogens with one attached hydrogen (secondary N) is 2. The van der Waals surface area contributed by atoms with Crippen LogP contribution < -0.4 is 15.4 Å². The lowest BCUT2D eigenvalue weighted by molar-refractivity contribution is -0.116. The number of amides is 2. The second kappa shape index (κ2) is 8.25. The first-order valence-electron chi connectivity index (χ1n) is 9.31. The van der Waals surface area contributed by atoms with E-state index < -0.39 is 0 Å². The fourth-order valence-corrected chi connectivity index (χ4v) is 3.69. The summed E-state index contributed by atoms with van der Waals surface area (Å²) in [6, 6.07) is 11.7. The van der Waals surface area contributed by atoms with Crippen LogP contribution in [0.5, 0.6) is 5.75 Å². The Morgan fingerprint density at radius 3 is 2.70 bits per heavy atom. The van der Waals surface area contributed by atoms with E-state index in [2.05, 4.69) is 22.8 Å². The van der Waals surface area contributed by atoms with Gasteiger partial charge in [-0.25, -0.2) is 0 Å². The van der Waals surface area contributed by atoms with E-state index in [1.54, 1.807) is 13.2 Å². The molecule has 1 aliphatic rings. The number of rotatable bonds is 5. The van der Waals surface area contributed by atoms with Gasteiger partial charge in [-0.15, -0.1) is 0 Å². The Morgan fingerprint density at radius 1 is 1.15 bits per heavy atom. The number of hydrogen-bond donors (Lipinski definition) is 2. The van der Waals surface area contributed by atoms with Crippen LogP contribution in [0.15, 0.2) is 36.4 Å². The highest BCUT2D eigenvalue weighted by molar-refractivity contribution is 5.94. The predicted molar refractivity (Wildman–Crippen MR) is 107 cm³/mol. The maximum atomic E-state index is 12.7. The van der Waals surface area contributed by atoms with Crippen LogP contribution in [0.4, 0.5) is 11.4 Å². The third-order valence-corrected chi connectivity index (χ3v) is 5.05. The average molecular weight is 366 g/mol. The highest BCUT2D eigenvalue weighted by Gasteiger charge is 2.23. The number of aryl methyl sites for hydroxylation is 2. The number of carbonyl (C=O) groups is 2. The molecule has 1 atom stereocenters. The second-order valence-corrected chi connectivity index (χ2v) is 7.12. The molecule has 1 unspecified atom stereocenters. The minimum Gasteiger partial charge on any atom is -0.497 e. The van der Waals surface area contributed by atoms with Gasteiger partial charge in [-0.3, -0.25) is 9.59 Å². The molecule has 2 aromatic carbocycles. The zero-order chi connectivity index (χ0) is 19.4. The van der Waals surface area contributed by atoms with E-state index in [0.29, 0.717) is 12.1 Å². The first-order chi connectivity index (χ1) is 13.0. The van der Waals surface area contributed by atoms with Crippen LogP contribution in [-0.4, -0.2) is 18.9 Å². The highest BCUT2D eigenvalue weighted by Crippen LogP contribution is 2.36. The SMILES string of the molecule is COc1ccc2c(c1)CCCC2CC(=O)Nc1cc(NC(C)=O)ccc1C. The fourth-order valence-electron chi connectivity index (χ4n) is 3.69. The standard InChI is InChI=1S/C22H26N2O3/c1-14-7-8-18(23-15(2)25)13-21(14)24-22(26)12-17-6-4-5-16-11-19(27-3)9-10-20(16)17/h7-11,13,17H,4-6,12H2,1-3H3,(H,23,25)(H,24,26). The number of benzene rings is 2. The smallest absolute Gasteiger partial charge is 0.224 e. The second-order valence-electron chi connectivity index (χ2n) is 7.12. The van der Waals surface area contributed by atoms with Gasteiger partial charge in [0, 0.05) is 24.7 Å². The van der Waals surface area contributed by atoms with Crippen molar-refractivity contribution in [2.75, 3.05) is 17.7 Å². The molecule has 5 nitrogen and oxygen atoms in total.